The third-order valence-corrected chi connectivity index (χ3v) is 5.56. The summed E-state index contributed by atoms with van der Waals surface area (Å²) in [5.41, 5.74) is 1.17. The molecule has 1 heterocycles. The van der Waals surface area contributed by atoms with Crippen LogP contribution in [0.5, 0.6) is 0 Å². The number of amides is 3. The molecule has 2 N–H and O–H groups in total. The zero-order valence-corrected chi connectivity index (χ0v) is 16.6. The third-order valence-electron chi connectivity index (χ3n) is 5.56. The topological polar surface area (TPSA) is 78.5 Å². The Morgan fingerprint density at radius 2 is 1.67 bits per heavy atom. The number of nitrogens with zero attached hydrogens (tertiary/aromatic N) is 1. The molecule has 7 heteroatoms. The maximum Gasteiger partial charge on any atom is 0.256 e. The van der Waals surface area contributed by atoms with Gasteiger partial charge < -0.3 is 15.5 Å². The summed E-state index contributed by atoms with van der Waals surface area (Å²) in [6.07, 6.45) is 3.04. The van der Waals surface area contributed by atoms with E-state index in [1.165, 1.54) is 12.1 Å². The van der Waals surface area contributed by atoms with E-state index < -0.39 is 5.82 Å². The van der Waals surface area contributed by atoms with Gasteiger partial charge in [0.05, 0.1) is 5.56 Å². The van der Waals surface area contributed by atoms with E-state index in [0.29, 0.717) is 37.2 Å². The lowest BCUT2D eigenvalue weighted by Crippen LogP contribution is -2.46. The van der Waals surface area contributed by atoms with Crippen molar-refractivity contribution in [3.8, 4) is 0 Å². The summed E-state index contributed by atoms with van der Waals surface area (Å²) in [6.45, 7) is 0.908. The van der Waals surface area contributed by atoms with Crippen molar-refractivity contribution in [3.05, 3.63) is 65.5 Å². The van der Waals surface area contributed by atoms with Crippen molar-refractivity contribution in [1.82, 2.24) is 10.2 Å². The number of halogens is 1. The van der Waals surface area contributed by atoms with Gasteiger partial charge in [-0.1, -0.05) is 18.2 Å². The van der Waals surface area contributed by atoms with Crippen LogP contribution in [0.4, 0.5) is 10.1 Å². The summed E-state index contributed by atoms with van der Waals surface area (Å²) >= 11 is 0. The summed E-state index contributed by atoms with van der Waals surface area (Å²) in [5.74, 6) is -0.959. The van der Waals surface area contributed by atoms with Crippen LogP contribution in [0.1, 0.15) is 46.4 Å². The number of rotatable bonds is 5. The van der Waals surface area contributed by atoms with E-state index in [1.807, 2.05) is 0 Å². The Kier molecular flexibility index (Phi) is 5.79. The average molecular weight is 409 g/mol. The number of hydrogen-bond donors (Lipinski definition) is 2. The summed E-state index contributed by atoms with van der Waals surface area (Å²) < 4.78 is 13.9. The van der Waals surface area contributed by atoms with Crippen LogP contribution >= 0.6 is 0 Å². The zero-order chi connectivity index (χ0) is 21.1. The molecule has 1 saturated carbocycles. The largest absolute Gasteiger partial charge is 0.349 e. The van der Waals surface area contributed by atoms with E-state index in [0.717, 1.165) is 12.8 Å². The Labute approximate surface area is 174 Å². The Balaban J connectivity index is 1.30. The fourth-order valence-electron chi connectivity index (χ4n) is 3.63. The van der Waals surface area contributed by atoms with Crippen molar-refractivity contribution in [3.63, 3.8) is 0 Å². The van der Waals surface area contributed by atoms with Gasteiger partial charge in [0, 0.05) is 36.3 Å². The Morgan fingerprint density at radius 1 is 0.933 bits per heavy atom. The average Bonchev–Trinajstić information content (AvgIpc) is 3.60. The first-order valence-corrected chi connectivity index (χ1v) is 10.3. The third kappa shape index (κ3) is 4.67. The molecule has 0 bridgehead atoms. The molecule has 156 valence electrons. The number of nitrogens with one attached hydrogen (secondary N) is 2. The van der Waals surface area contributed by atoms with Gasteiger partial charge in [-0.15, -0.1) is 0 Å². The van der Waals surface area contributed by atoms with E-state index in [1.54, 1.807) is 41.3 Å². The van der Waals surface area contributed by atoms with Gasteiger partial charge in [0.2, 0.25) is 5.91 Å². The fourth-order valence-corrected chi connectivity index (χ4v) is 3.63. The van der Waals surface area contributed by atoms with E-state index >= 15 is 0 Å². The molecule has 0 spiro atoms. The minimum absolute atomic E-state index is 0.000509. The predicted molar refractivity (Wildman–Crippen MR) is 111 cm³/mol. The predicted octanol–water partition coefficient (Wildman–Crippen LogP) is 3.21. The molecule has 1 aliphatic carbocycles. The van der Waals surface area contributed by atoms with Crippen molar-refractivity contribution < 1.29 is 18.8 Å². The lowest BCUT2D eigenvalue weighted by molar-refractivity contribution is -0.117. The van der Waals surface area contributed by atoms with Crippen LogP contribution < -0.4 is 10.6 Å². The molecule has 3 amide bonds. The first-order chi connectivity index (χ1) is 14.5. The molecule has 1 saturated heterocycles. The van der Waals surface area contributed by atoms with E-state index in [-0.39, 0.29) is 35.2 Å². The van der Waals surface area contributed by atoms with Gasteiger partial charge >= 0.3 is 0 Å². The fraction of sp³-hybridized carbons (Fsp3) is 0.348. The van der Waals surface area contributed by atoms with Gasteiger partial charge in [-0.2, -0.15) is 0 Å². The van der Waals surface area contributed by atoms with Crippen LogP contribution in [0.2, 0.25) is 0 Å². The second-order valence-electron chi connectivity index (χ2n) is 7.86. The molecule has 2 aromatic carbocycles. The smallest absolute Gasteiger partial charge is 0.256 e. The summed E-state index contributed by atoms with van der Waals surface area (Å²) in [5, 5.41) is 5.85. The standard InChI is InChI=1S/C23H24FN3O3/c24-20-7-2-1-6-19(20)23(30)27-12-10-17(11-13-27)25-22(29)16-4-3-5-18(14-16)26-21(28)15-8-9-15/h1-7,14-15,17H,8-13H2,(H,25,29)(H,26,28). The van der Waals surface area contributed by atoms with E-state index in [4.69, 9.17) is 0 Å². The van der Waals surface area contributed by atoms with Crippen molar-refractivity contribution in [2.45, 2.75) is 31.7 Å². The molecule has 0 unspecified atom stereocenters. The number of hydrogen-bond acceptors (Lipinski definition) is 3. The summed E-state index contributed by atoms with van der Waals surface area (Å²) in [6, 6.07) is 12.8. The molecular formula is C23H24FN3O3. The molecule has 2 fully saturated rings. The van der Waals surface area contributed by atoms with Gasteiger partial charge in [0.1, 0.15) is 5.82 Å². The summed E-state index contributed by atoms with van der Waals surface area (Å²) in [4.78, 5) is 38.7. The number of carbonyl (C=O) groups excluding carboxylic acids is 3. The number of benzene rings is 2. The van der Waals surface area contributed by atoms with Crippen molar-refractivity contribution >= 4 is 23.4 Å². The van der Waals surface area contributed by atoms with Crippen molar-refractivity contribution in [1.29, 1.82) is 0 Å². The summed E-state index contributed by atoms with van der Waals surface area (Å²) in [7, 11) is 0. The first kappa shape index (κ1) is 20.1. The highest BCUT2D eigenvalue weighted by molar-refractivity contribution is 5.98. The number of anilines is 1. The lowest BCUT2D eigenvalue weighted by Gasteiger charge is -2.32. The zero-order valence-electron chi connectivity index (χ0n) is 16.6. The quantitative estimate of drug-likeness (QED) is 0.796. The number of piperidine rings is 1. The Morgan fingerprint density at radius 3 is 2.37 bits per heavy atom. The maximum atomic E-state index is 13.9. The normalized spacial score (nSPS) is 16.8. The molecule has 0 aromatic heterocycles. The van der Waals surface area contributed by atoms with Crippen LogP contribution in [0.3, 0.4) is 0 Å². The molecule has 0 radical (unpaired) electrons. The highest BCUT2D eigenvalue weighted by atomic mass is 19.1. The van der Waals surface area contributed by atoms with Crippen LogP contribution in [0.15, 0.2) is 48.5 Å². The molecule has 4 rings (SSSR count). The Bertz CT molecular complexity index is 966. The van der Waals surface area contributed by atoms with E-state index in [2.05, 4.69) is 10.6 Å². The molecule has 2 aliphatic rings. The van der Waals surface area contributed by atoms with Gasteiger partial charge in [0.25, 0.3) is 11.8 Å². The highest BCUT2D eigenvalue weighted by Crippen LogP contribution is 2.30. The minimum atomic E-state index is -0.522. The number of likely N-dealkylation sites (tertiary alicyclic amines) is 1. The first-order valence-electron chi connectivity index (χ1n) is 10.3. The SMILES string of the molecule is O=C(NC1CCN(C(=O)c2ccccc2F)CC1)c1cccc(NC(=O)C2CC2)c1. The van der Waals surface area contributed by atoms with Gasteiger partial charge in [-0.05, 0) is 56.0 Å². The molecule has 30 heavy (non-hydrogen) atoms. The van der Waals surface area contributed by atoms with Gasteiger partial charge in [-0.25, -0.2) is 4.39 Å². The van der Waals surface area contributed by atoms with Gasteiger partial charge in [0.15, 0.2) is 0 Å². The molecule has 6 nitrogen and oxygen atoms in total. The second-order valence-corrected chi connectivity index (χ2v) is 7.86. The van der Waals surface area contributed by atoms with Gasteiger partial charge in [-0.3, -0.25) is 14.4 Å². The monoisotopic (exact) mass is 409 g/mol. The molecule has 1 aliphatic heterocycles. The van der Waals surface area contributed by atoms with Crippen LogP contribution in [0, 0.1) is 11.7 Å². The van der Waals surface area contributed by atoms with Crippen LogP contribution in [-0.2, 0) is 4.79 Å². The van der Waals surface area contributed by atoms with Crippen LogP contribution in [0.25, 0.3) is 0 Å². The highest BCUT2D eigenvalue weighted by Gasteiger charge is 2.30. The number of carbonyl (C=O) groups is 3. The lowest BCUT2D eigenvalue weighted by atomic mass is 10.0. The molecular weight excluding hydrogens is 385 g/mol. The van der Waals surface area contributed by atoms with E-state index in [9.17, 15) is 18.8 Å². The van der Waals surface area contributed by atoms with Crippen molar-refractivity contribution in [2.24, 2.45) is 5.92 Å². The molecule has 2 aromatic rings. The van der Waals surface area contributed by atoms with Crippen LogP contribution in [-0.4, -0.2) is 41.8 Å². The molecule has 0 atom stereocenters. The Hall–Kier alpha value is -3.22. The van der Waals surface area contributed by atoms with Crippen molar-refractivity contribution in [2.75, 3.05) is 18.4 Å². The maximum absolute atomic E-state index is 13.9. The second kappa shape index (κ2) is 8.65. The minimum Gasteiger partial charge on any atom is -0.349 e.